The minimum Gasteiger partial charge on any atom is -0.289 e. The normalized spacial score (nSPS) is 11.3. The lowest BCUT2D eigenvalue weighted by Crippen LogP contribution is -2.14. The number of rotatable bonds is 3. The zero-order valence-corrected chi connectivity index (χ0v) is 10.9. The summed E-state index contributed by atoms with van der Waals surface area (Å²) in [5.74, 6) is -2.68. The Hall–Kier alpha value is -2.98. The number of hydrogen-bond donors (Lipinski definition) is 2. The van der Waals surface area contributed by atoms with Crippen LogP contribution in [0.15, 0.2) is 18.2 Å². The Bertz CT molecular complexity index is 741. The summed E-state index contributed by atoms with van der Waals surface area (Å²) >= 11 is 0. The maximum absolute atomic E-state index is 12.3. The molecule has 0 aliphatic carbocycles. The Labute approximate surface area is 120 Å². The molecule has 0 atom stereocenters. The van der Waals surface area contributed by atoms with Gasteiger partial charge in [-0.05, 0) is 19.1 Å². The number of amides is 1. The van der Waals surface area contributed by atoms with Crippen LogP contribution in [0.3, 0.4) is 0 Å². The molecule has 0 aliphatic rings. The van der Waals surface area contributed by atoms with Gasteiger partial charge in [-0.15, -0.1) is 5.10 Å². The first-order chi connectivity index (χ1) is 10.2. The number of hydrogen-bond acceptors (Lipinski definition) is 5. The average Bonchev–Trinajstić information content (AvgIpc) is 2.86. The van der Waals surface area contributed by atoms with Gasteiger partial charge in [-0.1, -0.05) is 0 Å². The van der Waals surface area contributed by atoms with Crippen molar-refractivity contribution >= 4 is 17.5 Å². The third-order valence-corrected chi connectivity index (χ3v) is 2.63. The van der Waals surface area contributed by atoms with Crippen LogP contribution in [0.5, 0.6) is 0 Å². The summed E-state index contributed by atoms with van der Waals surface area (Å²) in [6.07, 6.45) is -4.71. The molecule has 1 heterocycles. The number of nitro benzene ring substituents is 1. The van der Waals surface area contributed by atoms with Crippen molar-refractivity contribution in [3.05, 3.63) is 45.3 Å². The van der Waals surface area contributed by atoms with Crippen LogP contribution in [0.25, 0.3) is 0 Å². The van der Waals surface area contributed by atoms with Gasteiger partial charge < -0.3 is 0 Å². The summed E-state index contributed by atoms with van der Waals surface area (Å²) in [5.41, 5.74) is 0.0962. The summed E-state index contributed by atoms with van der Waals surface area (Å²) in [6, 6.07) is 3.55. The lowest BCUT2D eigenvalue weighted by Gasteiger charge is -2.03. The summed E-state index contributed by atoms with van der Waals surface area (Å²) in [4.78, 5) is 25.0. The molecule has 0 spiro atoms. The third-order valence-electron chi connectivity index (χ3n) is 2.63. The topological polar surface area (TPSA) is 114 Å². The second-order valence-electron chi connectivity index (χ2n) is 4.22. The monoisotopic (exact) mass is 315 g/mol. The highest BCUT2D eigenvalue weighted by Crippen LogP contribution is 2.26. The minimum atomic E-state index is -4.71. The van der Waals surface area contributed by atoms with Crippen molar-refractivity contribution in [2.24, 2.45) is 0 Å². The highest BCUT2D eigenvalue weighted by molar-refractivity contribution is 6.03. The highest BCUT2D eigenvalue weighted by Gasteiger charge is 2.35. The lowest BCUT2D eigenvalue weighted by atomic mass is 10.1. The van der Waals surface area contributed by atoms with Gasteiger partial charge in [0.1, 0.15) is 0 Å². The molecule has 22 heavy (non-hydrogen) atoms. The zero-order chi connectivity index (χ0) is 16.5. The molecule has 0 unspecified atom stereocenters. The van der Waals surface area contributed by atoms with Crippen molar-refractivity contribution in [3.63, 3.8) is 0 Å². The number of nitrogens with zero attached hydrogens (tertiary/aromatic N) is 3. The Kier molecular flexibility index (Phi) is 3.80. The molecule has 11 heteroatoms. The number of nitro groups is 1. The van der Waals surface area contributed by atoms with E-state index in [9.17, 15) is 28.1 Å². The molecule has 116 valence electrons. The summed E-state index contributed by atoms with van der Waals surface area (Å²) in [7, 11) is 0. The van der Waals surface area contributed by atoms with Gasteiger partial charge in [0, 0.05) is 17.2 Å². The van der Waals surface area contributed by atoms with Gasteiger partial charge >= 0.3 is 6.18 Å². The largest absolute Gasteiger partial charge is 0.451 e. The smallest absolute Gasteiger partial charge is 0.289 e. The average molecular weight is 315 g/mol. The first kappa shape index (κ1) is 15.4. The van der Waals surface area contributed by atoms with Crippen molar-refractivity contribution < 1.29 is 22.9 Å². The molecule has 2 rings (SSSR count). The number of halogens is 3. The summed E-state index contributed by atoms with van der Waals surface area (Å²) in [5, 5.41) is 17.6. The van der Waals surface area contributed by atoms with Gasteiger partial charge in [0.15, 0.2) is 0 Å². The van der Waals surface area contributed by atoms with Crippen LogP contribution in [-0.2, 0) is 6.18 Å². The number of nitrogens with one attached hydrogen (secondary N) is 2. The molecule has 0 saturated heterocycles. The number of carbonyl (C=O) groups excluding carboxylic acids is 1. The van der Waals surface area contributed by atoms with Crippen LogP contribution in [0.4, 0.5) is 24.8 Å². The van der Waals surface area contributed by atoms with Gasteiger partial charge in [-0.2, -0.15) is 18.2 Å². The summed E-state index contributed by atoms with van der Waals surface area (Å²) in [6.45, 7) is 1.43. The first-order valence-electron chi connectivity index (χ1n) is 5.74. The number of H-pyrrole nitrogens is 1. The Morgan fingerprint density at radius 1 is 1.41 bits per heavy atom. The van der Waals surface area contributed by atoms with E-state index < -0.39 is 28.8 Å². The van der Waals surface area contributed by atoms with E-state index >= 15 is 0 Å². The predicted molar refractivity (Wildman–Crippen MR) is 67.2 cm³/mol. The van der Waals surface area contributed by atoms with Gasteiger partial charge in [0.05, 0.1) is 4.92 Å². The Morgan fingerprint density at radius 3 is 2.59 bits per heavy atom. The third kappa shape index (κ3) is 3.19. The Morgan fingerprint density at radius 2 is 2.09 bits per heavy atom. The minimum absolute atomic E-state index is 0.0291. The van der Waals surface area contributed by atoms with E-state index in [1.54, 1.807) is 5.10 Å². The molecule has 0 radical (unpaired) electrons. The van der Waals surface area contributed by atoms with E-state index in [0.29, 0.717) is 0 Å². The zero-order valence-electron chi connectivity index (χ0n) is 10.9. The van der Waals surface area contributed by atoms with Crippen molar-refractivity contribution in [1.29, 1.82) is 0 Å². The fraction of sp³-hybridized carbons (Fsp3) is 0.182. The van der Waals surface area contributed by atoms with Gasteiger partial charge in [0.25, 0.3) is 11.6 Å². The lowest BCUT2D eigenvalue weighted by molar-refractivity contribution is -0.385. The van der Waals surface area contributed by atoms with E-state index in [2.05, 4.69) is 15.4 Å². The molecule has 0 saturated carbocycles. The van der Waals surface area contributed by atoms with Crippen LogP contribution in [0.2, 0.25) is 0 Å². The summed E-state index contributed by atoms with van der Waals surface area (Å²) < 4.78 is 37.0. The molecule has 2 aromatic rings. The number of carbonyl (C=O) groups is 1. The molecular formula is C11H8F3N5O3. The van der Waals surface area contributed by atoms with E-state index in [-0.39, 0.29) is 16.8 Å². The van der Waals surface area contributed by atoms with E-state index in [1.807, 2.05) is 0 Å². The predicted octanol–water partition coefficient (Wildman–Crippen LogP) is 2.29. The number of benzene rings is 1. The molecule has 0 fully saturated rings. The number of anilines is 1. The quantitative estimate of drug-likeness (QED) is 0.666. The molecule has 8 nitrogen and oxygen atoms in total. The van der Waals surface area contributed by atoms with Crippen LogP contribution in [0.1, 0.15) is 21.7 Å². The number of aromatic nitrogens is 3. The van der Waals surface area contributed by atoms with Crippen LogP contribution >= 0.6 is 0 Å². The van der Waals surface area contributed by atoms with E-state index in [1.165, 1.54) is 19.1 Å². The van der Waals surface area contributed by atoms with Crippen molar-refractivity contribution in [3.8, 4) is 0 Å². The SMILES string of the molecule is Cc1cc(C(=O)Nc2n[nH]c(C(F)(F)F)n2)ccc1[N+](=O)[O-]. The number of aromatic amines is 1. The molecule has 0 bridgehead atoms. The fourth-order valence-electron chi connectivity index (χ4n) is 1.62. The second kappa shape index (κ2) is 5.42. The van der Waals surface area contributed by atoms with Gasteiger partial charge in [-0.25, -0.2) is 0 Å². The van der Waals surface area contributed by atoms with Crippen LogP contribution < -0.4 is 5.32 Å². The number of alkyl halides is 3. The molecule has 1 amide bonds. The van der Waals surface area contributed by atoms with Crippen LogP contribution in [-0.4, -0.2) is 26.0 Å². The molecule has 1 aromatic carbocycles. The standard InChI is InChI=1S/C11H8F3N5O3/c1-5-4-6(2-3-7(5)19(21)22)8(20)15-10-16-9(17-18-10)11(12,13)14/h2-4H,1H3,(H2,15,16,17,18,20). The van der Waals surface area contributed by atoms with E-state index in [0.717, 1.165) is 6.07 Å². The maximum atomic E-state index is 12.3. The van der Waals surface area contributed by atoms with Crippen molar-refractivity contribution in [2.45, 2.75) is 13.1 Å². The molecular weight excluding hydrogens is 307 g/mol. The van der Waals surface area contributed by atoms with E-state index in [4.69, 9.17) is 0 Å². The maximum Gasteiger partial charge on any atom is 0.451 e. The molecule has 1 aromatic heterocycles. The first-order valence-corrected chi connectivity index (χ1v) is 5.74. The fourth-order valence-corrected chi connectivity index (χ4v) is 1.62. The van der Waals surface area contributed by atoms with Crippen LogP contribution in [0, 0.1) is 17.0 Å². The second-order valence-corrected chi connectivity index (χ2v) is 4.22. The number of aryl methyl sites for hydroxylation is 1. The van der Waals surface area contributed by atoms with Crippen molar-refractivity contribution in [1.82, 2.24) is 15.2 Å². The highest BCUT2D eigenvalue weighted by atomic mass is 19.4. The molecule has 0 aliphatic heterocycles. The van der Waals surface area contributed by atoms with Gasteiger partial charge in [0.2, 0.25) is 11.8 Å². The van der Waals surface area contributed by atoms with Crippen molar-refractivity contribution in [2.75, 3.05) is 5.32 Å². The molecule has 2 N–H and O–H groups in total. The Balaban J connectivity index is 2.17. The van der Waals surface area contributed by atoms with Gasteiger partial charge in [-0.3, -0.25) is 25.3 Å².